The van der Waals surface area contributed by atoms with Crippen LogP contribution in [0.2, 0.25) is 0 Å². The molecule has 7 heteroatoms. The Morgan fingerprint density at radius 3 is 2.56 bits per heavy atom. The fourth-order valence-electron chi connectivity index (χ4n) is 1.68. The van der Waals surface area contributed by atoms with E-state index in [1.165, 1.54) is 0 Å². The van der Waals surface area contributed by atoms with Crippen LogP contribution >= 0.6 is 0 Å². The van der Waals surface area contributed by atoms with Crippen LogP contribution in [0, 0.1) is 21.7 Å². The van der Waals surface area contributed by atoms with Crippen LogP contribution in [0.1, 0.15) is 18.4 Å². The van der Waals surface area contributed by atoms with E-state index in [1.54, 1.807) is 0 Å². The Morgan fingerprint density at radius 2 is 2.06 bits per heavy atom. The molecular formula is C11H12F2N2O3. The maximum atomic E-state index is 13.4. The van der Waals surface area contributed by atoms with Crippen LogP contribution < -0.4 is 5.32 Å². The van der Waals surface area contributed by atoms with Crippen molar-refractivity contribution in [2.75, 3.05) is 6.61 Å². The number of halogens is 2. The standard InChI is InChI=1S/C11H12F2N2O3/c12-8-4-9(13)10(15(17)18)3-7(8)5-14-11(6-16)1-2-11/h3-4,14,16H,1-2,5-6H2. The predicted molar refractivity (Wildman–Crippen MR) is 58.9 cm³/mol. The van der Waals surface area contributed by atoms with Gasteiger partial charge in [-0.25, -0.2) is 4.39 Å². The maximum Gasteiger partial charge on any atom is 0.305 e. The van der Waals surface area contributed by atoms with Gasteiger partial charge in [0.15, 0.2) is 0 Å². The molecule has 0 atom stereocenters. The number of hydrogen-bond acceptors (Lipinski definition) is 4. The van der Waals surface area contributed by atoms with Gasteiger partial charge in [0.2, 0.25) is 5.82 Å². The molecule has 0 radical (unpaired) electrons. The fourth-order valence-corrected chi connectivity index (χ4v) is 1.68. The largest absolute Gasteiger partial charge is 0.394 e. The number of rotatable bonds is 5. The molecule has 1 aliphatic carbocycles. The van der Waals surface area contributed by atoms with E-state index in [1.807, 2.05) is 0 Å². The highest BCUT2D eigenvalue weighted by Crippen LogP contribution is 2.35. The van der Waals surface area contributed by atoms with Crippen molar-refractivity contribution in [3.63, 3.8) is 0 Å². The predicted octanol–water partition coefficient (Wildman–Crippen LogP) is 1.49. The number of nitrogens with zero attached hydrogens (tertiary/aromatic N) is 1. The summed E-state index contributed by atoms with van der Waals surface area (Å²) in [6.07, 6.45) is 1.54. The van der Waals surface area contributed by atoms with Gasteiger partial charge in [-0.3, -0.25) is 10.1 Å². The molecule has 2 rings (SSSR count). The lowest BCUT2D eigenvalue weighted by atomic mass is 10.1. The summed E-state index contributed by atoms with van der Waals surface area (Å²) >= 11 is 0. The van der Waals surface area contributed by atoms with Gasteiger partial charge in [0.05, 0.1) is 11.5 Å². The van der Waals surface area contributed by atoms with Crippen LogP contribution in [0.4, 0.5) is 14.5 Å². The van der Waals surface area contributed by atoms with Crippen LogP contribution in [0.3, 0.4) is 0 Å². The Balaban J connectivity index is 2.17. The third-order valence-electron chi connectivity index (χ3n) is 3.12. The van der Waals surface area contributed by atoms with Gasteiger partial charge in [0.1, 0.15) is 5.82 Å². The van der Waals surface area contributed by atoms with Crippen LogP contribution in [0.5, 0.6) is 0 Å². The molecule has 0 spiro atoms. The lowest BCUT2D eigenvalue weighted by Gasteiger charge is -2.14. The van der Waals surface area contributed by atoms with E-state index in [9.17, 15) is 18.9 Å². The van der Waals surface area contributed by atoms with Gasteiger partial charge in [-0.1, -0.05) is 0 Å². The quantitative estimate of drug-likeness (QED) is 0.619. The highest BCUT2D eigenvalue weighted by atomic mass is 19.1. The number of hydrogen-bond donors (Lipinski definition) is 2. The number of aliphatic hydroxyl groups excluding tert-OH is 1. The number of aliphatic hydroxyl groups is 1. The van der Waals surface area contributed by atoms with E-state index >= 15 is 0 Å². The first-order valence-electron chi connectivity index (χ1n) is 5.46. The molecule has 0 unspecified atom stereocenters. The molecule has 0 heterocycles. The second-order valence-corrected chi connectivity index (χ2v) is 4.44. The SMILES string of the molecule is O=[N+]([O-])c1cc(CNC2(CO)CC2)c(F)cc1F. The van der Waals surface area contributed by atoms with Crippen molar-refractivity contribution < 1.29 is 18.8 Å². The Morgan fingerprint density at radius 1 is 1.39 bits per heavy atom. The molecule has 98 valence electrons. The summed E-state index contributed by atoms with van der Waals surface area (Å²) in [5.41, 5.74) is -1.14. The van der Waals surface area contributed by atoms with E-state index in [2.05, 4.69) is 5.32 Å². The first kappa shape index (κ1) is 12.8. The number of nitrogens with one attached hydrogen (secondary N) is 1. The topological polar surface area (TPSA) is 75.4 Å². The molecule has 18 heavy (non-hydrogen) atoms. The zero-order chi connectivity index (χ0) is 13.3. The lowest BCUT2D eigenvalue weighted by Crippen LogP contribution is -2.34. The average molecular weight is 258 g/mol. The zero-order valence-electron chi connectivity index (χ0n) is 9.45. The zero-order valence-corrected chi connectivity index (χ0v) is 9.45. The van der Waals surface area contributed by atoms with Crippen molar-refractivity contribution in [3.05, 3.63) is 39.4 Å². The summed E-state index contributed by atoms with van der Waals surface area (Å²) in [5.74, 6) is -2.02. The van der Waals surface area contributed by atoms with Gasteiger partial charge in [-0.2, -0.15) is 4.39 Å². The van der Waals surface area contributed by atoms with Crippen LogP contribution in [-0.2, 0) is 6.54 Å². The molecule has 2 N–H and O–H groups in total. The van der Waals surface area contributed by atoms with Crippen molar-refractivity contribution >= 4 is 5.69 Å². The smallest absolute Gasteiger partial charge is 0.305 e. The van der Waals surface area contributed by atoms with Gasteiger partial charge < -0.3 is 10.4 Å². The molecule has 0 saturated heterocycles. The lowest BCUT2D eigenvalue weighted by molar-refractivity contribution is -0.387. The van der Waals surface area contributed by atoms with Gasteiger partial charge in [-0.05, 0) is 12.8 Å². The molecule has 0 amide bonds. The summed E-state index contributed by atoms with van der Waals surface area (Å²) < 4.78 is 26.5. The highest BCUT2D eigenvalue weighted by Gasteiger charge is 2.41. The molecule has 1 aromatic rings. The Hall–Kier alpha value is -1.60. The molecule has 1 aromatic carbocycles. The number of nitro benzene ring substituents is 1. The molecule has 0 aliphatic heterocycles. The molecule has 1 fully saturated rings. The van der Waals surface area contributed by atoms with Crippen molar-refractivity contribution in [1.82, 2.24) is 5.32 Å². The van der Waals surface area contributed by atoms with Crippen molar-refractivity contribution in [1.29, 1.82) is 0 Å². The Labute approximate surface area is 102 Å². The van der Waals surface area contributed by atoms with Crippen molar-refractivity contribution in [2.24, 2.45) is 0 Å². The van der Waals surface area contributed by atoms with Gasteiger partial charge in [0, 0.05) is 29.8 Å². The third-order valence-corrected chi connectivity index (χ3v) is 3.12. The Kier molecular flexibility index (Phi) is 3.27. The first-order valence-corrected chi connectivity index (χ1v) is 5.46. The summed E-state index contributed by atoms with van der Waals surface area (Å²) in [5, 5.41) is 22.5. The molecule has 5 nitrogen and oxygen atoms in total. The number of benzene rings is 1. The molecule has 1 aliphatic rings. The minimum Gasteiger partial charge on any atom is -0.394 e. The second-order valence-electron chi connectivity index (χ2n) is 4.44. The number of nitro groups is 1. The van der Waals surface area contributed by atoms with E-state index in [4.69, 9.17) is 5.11 Å². The summed E-state index contributed by atoms with van der Waals surface area (Å²) in [4.78, 5) is 9.65. The highest BCUT2D eigenvalue weighted by molar-refractivity contribution is 5.37. The molecule has 0 aromatic heterocycles. The monoisotopic (exact) mass is 258 g/mol. The van der Waals surface area contributed by atoms with E-state index < -0.39 is 27.8 Å². The maximum absolute atomic E-state index is 13.4. The molecular weight excluding hydrogens is 246 g/mol. The summed E-state index contributed by atoms with van der Waals surface area (Å²) in [6.45, 7) is -0.0502. The van der Waals surface area contributed by atoms with Crippen LogP contribution in [0.25, 0.3) is 0 Å². The van der Waals surface area contributed by atoms with Gasteiger partial charge in [0.25, 0.3) is 0 Å². The average Bonchev–Trinajstić information content (AvgIpc) is 3.08. The fraction of sp³-hybridized carbons (Fsp3) is 0.455. The van der Waals surface area contributed by atoms with Gasteiger partial charge in [-0.15, -0.1) is 0 Å². The summed E-state index contributed by atoms with van der Waals surface area (Å²) in [6, 6.07) is 1.39. The van der Waals surface area contributed by atoms with Crippen LogP contribution in [-0.4, -0.2) is 22.2 Å². The minimum absolute atomic E-state index is 0.0165. The molecule has 1 saturated carbocycles. The normalized spacial score (nSPS) is 16.6. The van der Waals surface area contributed by atoms with E-state index in [-0.39, 0.29) is 18.7 Å². The van der Waals surface area contributed by atoms with E-state index in [0.29, 0.717) is 6.07 Å². The minimum atomic E-state index is -1.19. The van der Waals surface area contributed by atoms with Crippen LogP contribution in [0.15, 0.2) is 12.1 Å². The Bertz CT molecular complexity index is 489. The second kappa shape index (κ2) is 4.58. The van der Waals surface area contributed by atoms with E-state index in [0.717, 1.165) is 18.9 Å². The third kappa shape index (κ3) is 2.46. The molecule has 0 bridgehead atoms. The van der Waals surface area contributed by atoms with Gasteiger partial charge >= 0.3 is 5.69 Å². The van der Waals surface area contributed by atoms with Crippen molar-refractivity contribution in [3.8, 4) is 0 Å². The summed E-state index contributed by atoms with van der Waals surface area (Å²) in [7, 11) is 0. The first-order chi connectivity index (χ1) is 8.47. The van der Waals surface area contributed by atoms with Crippen molar-refractivity contribution in [2.45, 2.75) is 24.9 Å².